The summed E-state index contributed by atoms with van der Waals surface area (Å²) in [5, 5.41) is 0. The molecule has 6 rings (SSSR count). The summed E-state index contributed by atoms with van der Waals surface area (Å²) < 4.78 is 41.3. The van der Waals surface area contributed by atoms with Crippen molar-refractivity contribution in [3.63, 3.8) is 0 Å². The molecule has 0 radical (unpaired) electrons. The standard InChI is InChI=1S/C24H35NO4S/c26-30(27,16-17-8-9-17)25-23-6-3-4-19-14-29-24-7-2-1-5-21(24)18-10-12-20(13-11-18)28-15-22(19)23/h1-2,5,7,17-20,22-23,25H,3-4,6,8-16H2/t18?,19?,20?,22-,23+/m1/s1. The molecule has 5 aliphatic rings. The van der Waals surface area contributed by atoms with Crippen LogP contribution in [-0.4, -0.2) is 39.5 Å². The van der Waals surface area contributed by atoms with Gasteiger partial charge < -0.3 is 9.47 Å². The van der Waals surface area contributed by atoms with Crippen molar-refractivity contribution in [3.8, 4) is 5.75 Å². The van der Waals surface area contributed by atoms with E-state index in [4.69, 9.17) is 9.47 Å². The Balaban J connectivity index is 1.36. The molecular formula is C24H35NO4S. The second kappa shape index (κ2) is 8.79. The van der Waals surface area contributed by atoms with Crippen LogP contribution in [0.3, 0.4) is 0 Å². The Morgan fingerprint density at radius 1 is 0.933 bits per heavy atom. The molecule has 1 aromatic carbocycles. The summed E-state index contributed by atoms with van der Waals surface area (Å²) in [6.45, 7) is 1.28. The molecule has 2 heterocycles. The number of para-hydroxylation sites is 1. The fourth-order valence-corrected chi connectivity index (χ4v) is 7.57. The summed E-state index contributed by atoms with van der Waals surface area (Å²) in [5.74, 6) is 2.73. The Kier molecular flexibility index (Phi) is 6.09. The number of fused-ring (bicyclic) bond motifs is 4. The molecule has 3 atom stereocenters. The molecule has 3 saturated carbocycles. The summed E-state index contributed by atoms with van der Waals surface area (Å²) >= 11 is 0. The molecule has 3 fully saturated rings. The highest BCUT2D eigenvalue weighted by molar-refractivity contribution is 7.89. The largest absolute Gasteiger partial charge is 0.493 e. The van der Waals surface area contributed by atoms with Gasteiger partial charge in [-0.3, -0.25) is 0 Å². The van der Waals surface area contributed by atoms with Gasteiger partial charge in [-0.1, -0.05) is 24.6 Å². The van der Waals surface area contributed by atoms with Crippen LogP contribution in [0.15, 0.2) is 24.3 Å². The molecule has 3 aliphatic carbocycles. The quantitative estimate of drug-likeness (QED) is 0.772. The lowest BCUT2D eigenvalue weighted by Gasteiger charge is -2.40. The van der Waals surface area contributed by atoms with E-state index in [0.29, 0.717) is 37.1 Å². The van der Waals surface area contributed by atoms with Gasteiger partial charge in [0.2, 0.25) is 10.0 Å². The van der Waals surface area contributed by atoms with Gasteiger partial charge in [0.15, 0.2) is 0 Å². The van der Waals surface area contributed by atoms with Crippen molar-refractivity contribution in [1.29, 1.82) is 0 Å². The summed E-state index contributed by atoms with van der Waals surface area (Å²) in [6.07, 6.45) is 9.85. The molecule has 0 amide bonds. The van der Waals surface area contributed by atoms with Crippen LogP contribution in [0.4, 0.5) is 0 Å². The van der Waals surface area contributed by atoms with Crippen LogP contribution in [0.25, 0.3) is 0 Å². The number of ether oxygens (including phenoxy) is 2. The van der Waals surface area contributed by atoms with E-state index in [9.17, 15) is 8.42 Å². The second-order valence-corrected chi connectivity index (χ2v) is 11.8. The number of rotatable bonds is 4. The van der Waals surface area contributed by atoms with Gasteiger partial charge in [-0.2, -0.15) is 0 Å². The normalized spacial score (nSPS) is 34.7. The van der Waals surface area contributed by atoms with Crippen molar-refractivity contribution in [3.05, 3.63) is 29.8 Å². The van der Waals surface area contributed by atoms with Gasteiger partial charge in [0, 0.05) is 12.0 Å². The number of benzene rings is 1. The van der Waals surface area contributed by atoms with Crippen molar-refractivity contribution in [2.24, 2.45) is 17.8 Å². The maximum atomic E-state index is 12.7. The lowest BCUT2D eigenvalue weighted by molar-refractivity contribution is -0.0298. The Hall–Kier alpha value is -1.11. The molecule has 2 aliphatic heterocycles. The Bertz CT molecular complexity index is 829. The number of hydrogen-bond donors (Lipinski definition) is 1. The van der Waals surface area contributed by atoms with Crippen molar-refractivity contribution >= 4 is 10.0 Å². The van der Waals surface area contributed by atoms with Crippen molar-refractivity contribution < 1.29 is 17.9 Å². The van der Waals surface area contributed by atoms with Gasteiger partial charge in [-0.05, 0) is 80.8 Å². The maximum Gasteiger partial charge on any atom is 0.212 e. The zero-order chi connectivity index (χ0) is 20.6. The fraction of sp³-hybridized carbons (Fsp3) is 0.750. The van der Waals surface area contributed by atoms with Crippen molar-refractivity contribution in [2.45, 2.75) is 75.9 Å². The molecule has 1 unspecified atom stereocenters. The summed E-state index contributed by atoms with van der Waals surface area (Å²) in [4.78, 5) is 0. The van der Waals surface area contributed by atoms with Crippen LogP contribution in [0.5, 0.6) is 5.75 Å². The summed E-state index contributed by atoms with van der Waals surface area (Å²) in [6, 6.07) is 8.47. The Labute approximate surface area is 181 Å². The highest BCUT2D eigenvalue weighted by Gasteiger charge is 2.39. The summed E-state index contributed by atoms with van der Waals surface area (Å²) in [5.41, 5.74) is 1.34. The zero-order valence-electron chi connectivity index (χ0n) is 17.8. The maximum absolute atomic E-state index is 12.7. The van der Waals surface area contributed by atoms with Gasteiger partial charge in [0.1, 0.15) is 5.75 Å². The first-order chi connectivity index (χ1) is 14.6. The van der Waals surface area contributed by atoms with E-state index in [-0.39, 0.29) is 17.7 Å². The SMILES string of the molecule is O=S(=O)(CC1CC1)N[C@H]1CCCC2COc3ccccc3C3CCC(CC3)OC[C@H]21. The molecule has 30 heavy (non-hydrogen) atoms. The van der Waals surface area contributed by atoms with Crippen LogP contribution in [0.2, 0.25) is 0 Å². The average Bonchev–Trinajstić information content (AvgIpc) is 3.54. The van der Waals surface area contributed by atoms with Crippen LogP contribution in [0, 0.1) is 17.8 Å². The van der Waals surface area contributed by atoms with E-state index in [1.807, 2.05) is 0 Å². The monoisotopic (exact) mass is 433 g/mol. The first kappa shape index (κ1) is 20.8. The minimum atomic E-state index is -3.23. The number of sulfonamides is 1. The molecular weight excluding hydrogens is 398 g/mol. The fourth-order valence-electron chi connectivity index (χ4n) is 5.77. The molecule has 0 aromatic heterocycles. The predicted octanol–water partition coefficient (Wildman–Crippen LogP) is 4.24. The minimum absolute atomic E-state index is 0.0365. The van der Waals surface area contributed by atoms with E-state index in [0.717, 1.165) is 63.5 Å². The van der Waals surface area contributed by atoms with Crippen LogP contribution >= 0.6 is 0 Å². The van der Waals surface area contributed by atoms with Crippen LogP contribution < -0.4 is 9.46 Å². The highest BCUT2D eigenvalue weighted by Crippen LogP contribution is 2.41. The van der Waals surface area contributed by atoms with Crippen molar-refractivity contribution in [2.75, 3.05) is 19.0 Å². The Morgan fingerprint density at radius 2 is 1.73 bits per heavy atom. The third-order valence-corrected chi connectivity index (χ3v) is 9.28. The molecule has 1 aromatic rings. The predicted molar refractivity (Wildman–Crippen MR) is 117 cm³/mol. The molecule has 0 spiro atoms. The average molecular weight is 434 g/mol. The van der Waals surface area contributed by atoms with Crippen molar-refractivity contribution in [1.82, 2.24) is 4.72 Å². The molecule has 2 bridgehead atoms. The first-order valence-corrected chi connectivity index (χ1v) is 13.6. The van der Waals surface area contributed by atoms with Gasteiger partial charge in [0.25, 0.3) is 0 Å². The van der Waals surface area contributed by atoms with Gasteiger partial charge >= 0.3 is 0 Å². The zero-order valence-corrected chi connectivity index (χ0v) is 18.6. The summed E-state index contributed by atoms with van der Waals surface area (Å²) in [7, 11) is -3.23. The van der Waals surface area contributed by atoms with Gasteiger partial charge in [-0.25, -0.2) is 13.1 Å². The van der Waals surface area contributed by atoms with E-state index >= 15 is 0 Å². The van der Waals surface area contributed by atoms with E-state index in [1.54, 1.807) is 0 Å². The number of hydrogen-bond acceptors (Lipinski definition) is 4. The second-order valence-electron chi connectivity index (χ2n) is 9.96. The van der Waals surface area contributed by atoms with E-state index < -0.39 is 10.0 Å². The lowest BCUT2D eigenvalue weighted by atomic mass is 9.76. The molecule has 0 saturated heterocycles. The van der Waals surface area contributed by atoms with Gasteiger partial charge in [0.05, 0.1) is 25.1 Å². The number of nitrogens with one attached hydrogen (secondary N) is 1. The first-order valence-electron chi connectivity index (χ1n) is 11.9. The molecule has 6 heteroatoms. The highest BCUT2D eigenvalue weighted by atomic mass is 32.2. The lowest BCUT2D eigenvalue weighted by Crippen LogP contribution is -2.49. The minimum Gasteiger partial charge on any atom is -0.493 e. The van der Waals surface area contributed by atoms with E-state index in [2.05, 4.69) is 29.0 Å². The van der Waals surface area contributed by atoms with Crippen LogP contribution in [0.1, 0.15) is 69.3 Å². The smallest absolute Gasteiger partial charge is 0.212 e. The topological polar surface area (TPSA) is 64.6 Å². The molecule has 5 nitrogen and oxygen atoms in total. The van der Waals surface area contributed by atoms with Crippen LogP contribution in [-0.2, 0) is 14.8 Å². The molecule has 1 N–H and O–H groups in total. The van der Waals surface area contributed by atoms with E-state index in [1.165, 1.54) is 5.56 Å². The molecule has 166 valence electrons. The third-order valence-electron chi connectivity index (χ3n) is 7.71. The van der Waals surface area contributed by atoms with Gasteiger partial charge in [-0.15, -0.1) is 0 Å². The Morgan fingerprint density at radius 3 is 2.53 bits per heavy atom. The third kappa shape index (κ3) is 4.86.